The van der Waals surface area contributed by atoms with Gasteiger partial charge in [-0.25, -0.2) is 13.1 Å². The van der Waals surface area contributed by atoms with Gasteiger partial charge in [-0.1, -0.05) is 13.0 Å². The van der Waals surface area contributed by atoms with Crippen LogP contribution in [0.25, 0.3) is 0 Å². The molecule has 1 amide bonds. The highest BCUT2D eigenvalue weighted by atomic mass is 35.5. The van der Waals surface area contributed by atoms with Gasteiger partial charge in [0.2, 0.25) is 10.0 Å². The highest BCUT2D eigenvalue weighted by Gasteiger charge is 2.27. The number of benzene rings is 1. The second-order valence-electron chi connectivity index (χ2n) is 7.11. The second-order valence-corrected chi connectivity index (χ2v) is 8.88. The van der Waals surface area contributed by atoms with Crippen molar-refractivity contribution in [1.82, 2.24) is 15.4 Å². The minimum absolute atomic E-state index is 0. The fourth-order valence-electron chi connectivity index (χ4n) is 2.97. The molecule has 1 saturated heterocycles. The molecule has 0 aromatic heterocycles. The molecule has 0 aliphatic carbocycles. The second kappa shape index (κ2) is 10.4. The Morgan fingerprint density at radius 1 is 1.30 bits per heavy atom. The molecule has 0 atom stereocenters. The average Bonchev–Trinajstić information content (AvgIpc) is 2.61. The molecular formula is C18H30ClN3O4S. The number of halogens is 1. The van der Waals surface area contributed by atoms with Gasteiger partial charge in [0.1, 0.15) is 0 Å². The molecule has 1 aliphatic heterocycles. The van der Waals surface area contributed by atoms with Crippen LogP contribution in [0.2, 0.25) is 0 Å². The number of amides is 1. The highest BCUT2D eigenvalue weighted by molar-refractivity contribution is 7.89. The maximum Gasteiger partial charge on any atom is 0.251 e. The van der Waals surface area contributed by atoms with Crippen molar-refractivity contribution < 1.29 is 17.9 Å². The first-order valence-corrected chi connectivity index (χ1v) is 10.3. The quantitative estimate of drug-likeness (QED) is 0.554. The lowest BCUT2D eigenvalue weighted by Gasteiger charge is -2.34. The number of piperidine rings is 1. The predicted molar refractivity (Wildman–Crippen MR) is 108 cm³/mol. The Kier molecular flexibility index (Phi) is 9.17. The van der Waals surface area contributed by atoms with Crippen LogP contribution in [0.3, 0.4) is 0 Å². The first-order valence-electron chi connectivity index (χ1n) is 8.86. The van der Waals surface area contributed by atoms with Crippen molar-refractivity contribution in [2.45, 2.75) is 31.6 Å². The Morgan fingerprint density at radius 2 is 1.96 bits per heavy atom. The first kappa shape index (κ1) is 23.8. The monoisotopic (exact) mass is 419 g/mol. The fourth-order valence-corrected chi connectivity index (χ4v) is 4.01. The van der Waals surface area contributed by atoms with E-state index in [1.807, 2.05) is 0 Å². The molecule has 1 aromatic carbocycles. The summed E-state index contributed by atoms with van der Waals surface area (Å²) in [5.74, 6) is -0.240. The molecule has 0 spiro atoms. The van der Waals surface area contributed by atoms with E-state index in [-0.39, 0.29) is 41.8 Å². The zero-order valence-electron chi connectivity index (χ0n) is 16.1. The van der Waals surface area contributed by atoms with Crippen LogP contribution in [0.1, 0.15) is 35.7 Å². The Bertz CT molecular complexity index is 734. The van der Waals surface area contributed by atoms with E-state index in [1.54, 1.807) is 13.0 Å². The Morgan fingerprint density at radius 3 is 2.59 bits per heavy atom. The van der Waals surface area contributed by atoms with Crippen LogP contribution in [0, 0.1) is 12.3 Å². The molecule has 1 aromatic rings. The number of aryl methyl sites for hydroxylation is 1. The van der Waals surface area contributed by atoms with E-state index >= 15 is 0 Å². The third kappa shape index (κ3) is 6.73. The topological polar surface area (TPSA) is 96.5 Å². The van der Waals surface area contributed by atoms with Gasteiger partial charge >= 0.3 is 0 Å². The number of hydrogen-bond acceptors (Lipinski definition) is 5. The van der Waals surface area contributed by atoms with Crippen molar-refractivity contribution in [1.29, 1.82) is 0 Å². The minimum atomic E-state index is -3.67. The third-order valence-corrected chi connectivity index (χ3v) is 6.31. The molecule has 0 saturated carbocycles. The maximum atomic E-state index is 12.6. The summed E-state index contributed by atoms with van der Waals surface area (Å²) in [4.78, 5) is 12.7. The maximum absolute atomic E-state index is 12.6. The van der Waals surface area contributed by atoms with Crippen LogP contribution in [0.15, 0.2) is 23.1 Å². The van der Waals surface area contributed by atoms with Gasteiger partial charge < -0.3 is 15.4 Å². The summed E-state index contributed by atoms with van der Waals surface area (Å²) in [5.41, 5.74) is 1.20. The van der Waals surface area contributed by atoms with Gasteiger partial charge in [0.25, 0.3) is 5.91 Å². The molecule has 9 heteroatoms. The summed E-state index contributed by atoms with van der Waals surface area (Å²) in [6, 6.07) is 4.60. The van der Waals surface area contributed by atoms with Gasteiger partial charge in [0, 0.05) is 25.8 Å². The van der Waals surface area contributed by atoms with Gasteiger partial charge in [0.05, 0.1) is 11.5 Å². The number of carbonyl (C=O) groups is 1. The standard InChI is InChI=1S/C18H29N3O4S.ClH/c1-14-4-5-15(26(23,24)21-10-11-25-3)12-16(14)17(22)20-13-18(2)6-8-19-9-7-18;/h4-5,12,19,21H,6-11,13H2,1-3H3,(H,20,22);1H. The molecule has 7 nitrogen and oxygen atoms in total. The zero-order chi connectivity index (χ0) is 19.2. The first-order chi connectivity index (χ1) is 12.3. The number of hydrogen-bond donors (Lipinski definition) is 3. The largest absolute Gasteiger partial charge is 0.383 e. The molecule has 0 unspecified atom stereocenters. The number of ether oxygens (including phenoxy) is 1. The average molecular weight is 420 g/mol. The molecule has 3 N–H and O–H groups in total. The van der Waals surface area contributed by atoms with Crippen LogP contribution in [-0.2, 0) is 14.8 Å². The van der Waals surface area contributed by atoms with Crippen molar-refractivity contribution in [3.05, 3.63) is 29.3 Å². The molecule has 154 valence electrons. The van der Waals surface area contributed by atoms with Crippen LogP contribution in [-0.4, -0.2) is 54.2 Å². The molecule has 0 radical (unpaired) electrons. The van der Waals surface area contributed by atoms with Gasteiger partial charge in [-0.2, -0.15) is 0 Å². The molecule has 27 heavy (non-hydrogen) atoms. The lowest BCUT2D eigenvalue weighted by Crippen LogP contribution is -2.43. The van der Waals surface area contributed by atoms with Crippen molar-refractivity contribution in [2.24, 2.45) is 5.41 Å². The lowest BCUT2D eigenvalue weighted by molar-refractivity contribution is 0.0921. The summed E-state index contributed by atoms with van der Waals surface area (Å²) < 4.78 is 32.0. The van der Waals surface area contributed by atoms with Gasteiger partial charge in [0.15, 0.2) is 0 Å². The summed E-state index contributed by atoms with van der Waals surface area (Å²) in [6.45, 7) is 6.92. The molecule has 2 rings (SSSR count). The Hall–Kier alpha value is -1.19. The third-order valence-electron chi connectivity index (χ3n) is 4.85. The van der Waals surface area contributed by atoms with Crippen molar-refractivity contribution >= 4 is 28.3 Å². The van der Waals surface area contributed by atoms with Gasteiger partial charge in [-0.3, -0.25) is 4.79 Å². The van der Waals surface area contributed by atoms with Gasteiger partial charge in [-0.15, -0.1) is 12.4 Å². The number of nitrogens with one attached hydrogen (secondary N) is 3. The smallest absolute Gasteiger partial charge is 0.251 e. The lowest BCUT2D eigenvalue weighted by atomic mass is 9.81. The predicted octanol–water partition coefficient (Wildman–Crippen LogP) is 1.46. The molecule has 1 fully saturated rings. The van der Waals surface area contributed by atoms with E-state index in [1.165, 1.54) is 19.2 Å². The van der Waals surface area contributed by atoms with E-state index in [4.69, 9.17) is 4.74 Å². The van der Waals surface area contributed by atoms with E-state index in [0.717, 1.165) is 31.5 Å². The van der Waals surface area contributed by atoms with Crippen LogP contribution in [0.4, 0.5) is 0 Å². The number of carbonyl (C=O) groups excluding carboxylic acids is 1. The Balaban J connectivity index is 0.00000364. The number of sulfonamides is 1. The summed E-state index contributed by atoms with van der Waals surface area (Å²) in [6.07, 6.45) is 2.01. The Labute approximate surface area is 168 Å². The van der Waals surface area contributed by atoms with Crippen LogP contribution < -0.4 is 15.4 Å². The zero-order valence-corrected chi connectivity index (χ0v) is 17.8. The van der Waals surface area contributed by atoms with E-state index in [9.17, 15) is 13.2 Å². The SMILES string of the molecule is COCCNS(=O)(=O)c1ccc(C)c(C(=O)NCC2(C)CCNCC2)c1.Cl. The van der Waals surface area contributed by atoms with Crippen molar-refractivity contribution in [2.75, 3.05) is 39.9 Å². The summed E-state index contributed by atoms with van der Waals surface area (Å²) >= 11 is 0. The number of rotatable bonds is 8. The molecule has 0 bridgehead atoms. The summed E-state index contributed by atoms with van der Waals surface area (Å²) in [7, 11) is -2.17. The highest BCUT2D eigenvalue weighted by Crippen LogP contribution is 2.27. The summed E-state index contributed by atoms with van der Waals surface area (Å²) in [5, 5.41) is 6.30. The molecule has 1 aliphatic rings. The van der Waals surface area contributed by atoms with E-state index in [0.29, 0.717) is 12.1 Å². The van der Waals surface area contributed by atoms with Gasteiger partial charge in [-0.05, 0) is 56.0 Å². The normalized spacial score (nSPS) is 16.4. The van der Waals surface area contributed by atoms with Crippen molar-refractivity contribution in [3.8, 4) is 0 Å². The van der Waals surface area contributed by atoms with Crippen LogP contribution in [0.5, 0.6) is 0 Å². The molecular weight excluding hydrogens is 390 g/mol. The minimum Gasteiger partial charge on any atom is -0.383 e. The van der Waals surface area contributed by atoms with E-state index in [2.05, 4.69) is 22.3 Å². The molecule has 1 heterocycles. The van der Waals surface area contributed by atoms with E-state index < -0.39 is 10.0 Å². The van der Waals surface area contributed by atoms with Crippen LogP contribution >= 0.6 is 12.4 Å². The number of methoxy groups -OCH3 is 1. The fraction of sp³-hybridized carbons (Fsp3) is 0.611. The van der Waals surface area contributed by atoms with Crippen molar-refractivity contribution in [3.63, 3.8) is 0 Å².